The molecule has 1 N–H and O–H groups in total. The topological polar surface area (TPSA) is 41.6 Å². The molecule has 0 bridgehead atoms. The lowest BCUT2D eigenvalue weighted by Crippen LogP contribution is -2.43. The first kappa shape index (κ1) is 15.6. The van der Waals surface area contributed by atoms with Crippen LogP contribution in [0.3, 0.4) is 0 Å². The van der Waals surface area contributed by atoms with Crippen molar-refractivity contribution in [2.75, 3.05) is 26.7 Å². The zero-order valence-corrected chi connectivity index (χ0v) is 11.6. The Morgan fingerprint density at radius 1 is 1.48 bits per heavy atom. The van der Waals surface area contributed by atoms with Crippen molar-refractivity contribution in [1.29, 1.82) is 0 Å². The Labute approximate surface area is 120 Å². The van der Waals surface area contributed by atoms with E-state index in [1.54, 1.807) is 12.1 Å². The average Bonchev–Trinajstić information content (AvgIpc) is 2.80. The van der Waals surface area contributed by atoms with Crippen molar-refractivity contribution in [2.45, 2.75) is 18.4 Å². The molecule has 21 heavy (non-hydrogen) atoms. The van der Waals surface area contributed by atoms with Crippen LogP contribution in [-0.4, -0.2) is 49.5 Å². The van der Waals surface area contributed by atoms with Gasteiger partial charge in [-0.1, -0.05) is 12.1 Å². The lowest BCUT2D eigenvalue weighted by Gasteiger charge is -2.21. The molecular formula is C14H17F3N2O2. The fraction of sp³-hybridized carbons (Fsp3) is 0.500. The fourth-order valence-electron chi connectivity index (χ4n) is 2.12. The Hall–Kier alpha value is -1.76. The molecule has 1 aromatic rings. The van der Waals surface area contributed by atoms with Crippen molar-refractivity contribution < 1.29 is 22.7 Å². The Morgan fingerprint density at radius 2 is 2.19 bits per heavy atom. The molecule has 116 valence electrons. The second kappa shape index (κ2) is 6.34. The minimum atomic E-state index is -2.84. The number of halogens is 3. The van der Waals surface area contributed by atoms with Gasteiger partial charge in [-0.3, -0.25) is 10.1 Å². The summed E-state index contributed by atoms with van der Waals surface area (Å²) in [6, 6.07) is 5.06. The highest BCUT2D eigenvalue weighted by atomic mass is 19.3. The second-order valence-corrected chi connectivity index (χ2v) is 5.03. The number of nitrogens with one attached hydrogen (secondary N) is 1. The lowest BCUT2D eigenvalue weighted by atomic mass is 10.2. The Bertz CT molecular complexity index is 511. The van der Waals surface area contributed by atoms with Gasteiger partial charge >= 0.3 is 0 Å². The van der Waals surface area contributed by atoms with Gasteiger partial charge in [0.25, 0.3) is 5.92 Å². The van der Waals surface area contributed by atoms with Gasteiger partial charge in [0.15, 0.2) is 11.6 Å². The number of ether oxygens (including phenoxy) is 1. The Balaban J connectivity index is 1.78. The molecular weight excluding hydrogens is 285 g/mol. The van der Waals surface area contributed by atoms with Gasteiger partial charge < -0.3 is 9.64 Å². The van der Waals surface area contributed by atoms with Crippen LogP contribution in [0, 0.1) is 5.82 Å². The molecule has 7 heteroatoms. The second-order valence-electron chi connectivity index (χ2n) is 5.03. The summed E-state index contributed by atoms with van der Waals surface area (Å²) in [6.07, 6.45) is -0.496. The highest BCUT2D eigenvalue weighted by Gasteiger charge is 2.43. The van der Waals surface area contributed by atoms with Crippen LogP contribution in [0.2, 0.25) is 0 Å². The quantitative estimate of drug-likeness (QED) is 0.899. The summed E-state index contributed by atoms with van der Waals surface area (Å²) in [5.74, 6) is -3.64. The van der Waals surface area contributed by atoms with Crippen molar-refractivity contribution in [3.05, 3.63) is 30.1 Å². The first-order valence-corrected chi connectivity index (χ1v) is 6.62. The summed E-state index contributed by atoms with van der Waals surface area (Å²) in [7, 11) is 1.51. The smallest absolute Gasteiger partial charge is 0.262 e. The van der Waals surface area contributed by atoms with Crippen molar-refractivity contribution >= 4 is 5.91 Å². The number of amides is 1. The van der Waals surface area contributed by atoms with E-state index in [2.05, 4.69) is 5.32 Å². The zero-order valence-electron chi connectivity index (χ0n) is 11.6. The number of nitrogens with zero attached hydrogens (tertiary/aromatic N) is 1. The van der Waals surface area contributed by atoms with E-state index in [0.717, 1.165) is 0 Å². The van der Waals surface area contributed by atoms with Crippen molar-refractivity contribution in [3.8, 4) is 5.75 Å². The highest BCUT2D eigenvalue weighted by molar-refractivity contribution is 5.82. The van der Waals surface area contributed by atoms with Gasteiger partial charge in [-0.15, -0.1) is 0 Å². The average molecular weight is 302 g/mol. The molecule has 1 amide bonds. The van der Waals surface area contributed by atoms with Gasteiger partial charge in [0.05, 0.1) is 19.1 Å². The zero-order chi connectivity index (χ0) is 15.5. The van der Waals surface area contributed by atoms with Crippen molar-refractivity contribution in [1.82, 2.24) is 10.2 Å². The summed E-state index contributed by atoms with van der Waals surface area (Å²) in [5.41, 5.74) is 0. The standard InChI is InChI=1S/C14H17F3N2O2/c1-19(13(20)11-8-14(16,17)9-18-11)6-7-21-12-5-3-2-4-10(12)15/h2-5,11,18H,6-9H2,1H3. The maximum Gasteiger partial charge on any atom is 0.262 e. The third-order valence-corrected chi connectivity index (χ3v) is 3.31. The molecule has 0 aliphatic carbocycles. The van der Waals surface area contributed by atoms with Crippen molar-refractivity contribution in [3.63, 3.8) is 0 Å². The summed E-state index contributed by atoms with van der Waals surface area (Å²) < 4.78 is 44.6. The normalized spacial score (nSPS) is 20.3. The number of hydrogen-bond acceptors (Lipinski definition) is 3. The van der Waals surface area contributed by atoms with Gasteiger partial charge in [-0.25, -0.2) is 13.2 Å². The molecule has 1 atom stereocenters. The summed E-state index contributed by atoms with van der Waals surface area (Å²) in [5, 5.41) is 2.50. The van der Waals surface area contributed by atoms with E-state index in [-0.39, 0.29) is 18.9 Å². The van der Waals surface area contributed by atoms with Crippen molar-refractivity contribution in [2.24, 2.45) is 0 Å². The third-order valence-electron chi connectivity index (χ3n) is 3.31. The van der Waals surface area contributed by atoms with Crippen LogP contribution in [0.4, 0.5) is 13.2 Å². The molecule has 1 fully saturated rings. The van der Waals surface area contributed by atoms with E-state index in [9.17, 15) is 18.0 Å². The van der Waals surface area contributed by atoms with Crippen LogP contribution in [-0.2, 0) is 4.79 Å². The number of carbonyl (C=O) groups excluding carboxylic acids is 1. The summed E-state index contributed by atoms with van der Waals surface area (Å²) in [4.78, 5) is 13.2. The highest BCUT2D eigenvalue weighted by Crippen LogP contribution is 2.25. The summed E-state index contributed by atoms with van der Waals surface area (Å²) in [6.45, 7) is -0.202. The maximum atomic E-state index is 13.3. The van der Waals surface area contributed by atoms with Crippen LogP contribution < -0.4 is 10.1 Å². The molecule has 1 saturated heterocycles. The predicted octanol–water partition coefficient (Wildman–Crippen LogP) is 1.66. The van der Waals surface area contributed by atoms with Crippen LogP contribution in [0.15, 0.2) is 24.3 Å². The van der Waals surface area contributed by atoms with Crippen LogP contribution >= 0.6 is 0 Å². The molecule has 1 aliphatic heterocycles. The number of likely N-dealkylation sites (N-methyl/N-ethyl adjacent to an activating group) is 1. The number of hydrogen-bond donors (Lipinski definition) is 1. The fourth-order valence-corrected chi connectivity index (χ4v) is 2.12. The monoisotopic (exact) mass is 302 g/mol. The molecule has 1 heterocycles. The van der Waals surface area contributed by atoms with Gasteiger partial charge in [0, 0.05) is 13.5 Å². The van der Waals surface area contributed by atoms with Gasteiger partial charge in [0.1, 0.15) is 6.61 Å². The van der Waals surface area contributed by atoms with E-state index >= 15 is 0 Å². The molecule has 4 nitrogen and oxygen atoms in total. The third kappa shape index (κ3) is 4.10. The van der Waals surface area contributed by atoms with Gasteiger partial charge in [-0.05, 0) is 12.1 Å². The minimum Gasteiger partial charge on any atom is -0.489 e. The molecule has 1 unspecified atom stereocenters. The van der Waals surface area contributed by atoms with Crippen LogP contribution in [0.5, 0.6) is 5.75 Å². The molecule has 0 radical (unpaired) electrons. The summed E-state index contributed by atoms with van der Waals surface area (Å²) >= 11 is 0. The Kier molecular flexibility index (Phi) is 4.72. The van der Waals surface area contributed by atoms with Crippen LogP contribution in [0.25, 0.3) is 0 Å². The molecule has 2 rings (SSSR count). The van der Waals surface area contributed by atoms with E-state index in [1.165, 1.54) is 24.1 Å². The first-order chi connectivity index (χ1) is 9.89. The van der Waals surface area contributed by atoms with Gasteiger partial charge in [0.2, 0.25) is 5.91 Å². The van der Waals surface area contributed by atoms with E-state index in [1.807, 2.05) is 0 Å². The number of carbonyl (C=O) groups is 1. The number of para-hydroxylation sites is 1. The number of benzene rings is 1. The molecule has 0 aromatic heterocycles. The largest absolute Gasteiger partial charge is 0.489 e. The van der Waals surface area contributed by atoms with E-state index in [0.29, 0.717) is 0 Å². The molecule has 1 aliphatic rings. The molecule has 0 spiro atoms. The van der Waals surface area contributed by atoms with E-state index in [4.69, 9.17) is 4.74 Å². The van der Waals surface area contributed by atoms with Crippen LogP contribution in [0.1, 0.15) is 6.42 Å². The lowest BCUT2D eigenvalue weighted by molar-refractivity contribution is -0.132. The molecule has 1 aromatic carbocycles. The Morgan fingerprint density at radius 3 is 2.81 bits per heavy atom. The number of alkyl halides is 2. The maximum absolute atomic E-state index is 13.3. The first-order valence-electron chi connectivity index (χ1n) is 6.62. The minimum absolute atomic E-state index is 0.0896. The van der Waals surface area contributed by atoms with E-state index < -0.39 is 36.7 Å². The SMILES string of the molecule is CN(CCOc1ccccc1F)C(=O)C1CC(F)(F)CN1. The van der Waals surface area contributed by atoms with Gasteiger partial charge in [-0.2, -0.15) is 0 Å². The molecule has 0 saturated carbocycles. The predicted molar refractivity (Wildman–Crippen MR) is 70.9 cm³/mol. The number of rotatable bonds is 5.